The number of hydrogen-bond donors (Lipinski definition) is 2. The van der Waals surface area contributed by atoms with Crippen LogP contribution in [0.2, 0.25) is 5.02 Å². The van der Waals surface area contributed by atoms with Crippen LogP contribution in [-0.2, 0) is 7.05 Å². The van der Waals surface area contributed by atoms with Crippen molar-refractivity contribution >= 4 is 34.9 Å². The number of fused-ring (bicyclic) bond motifs is 1. The largest absolute Gasteiger partial charge is 0.329 e. The topological polar surface area (TPSA) is 101 Å². The molecule has 3 aromatic rings. The Morgan fingerprint density at radius 2 is 1.91 bits per heavy atom. The van der Waals surface area contributed by atoms with Crippen molar-refractivity contribution in [2.24, 2.45) is 7.05 Å². The molecule has 2 aromatic heterocycles. The molecule has 0 aliphatic rings. The van der Waals surface area contributed by atoms with Crippen LogP contribution in [0.3, 0.4) is 0 Å². The van der Waals surface area contributed by atoms with Gasteiger partial charge in [-0.2, -0.15) is 0 Å². The number of nitrogens with zero attached hydrogens (tertiary/aromatic N) is 2. The molecule has 1 aromatic carbocycles. The minimum absolute atomic E-state index is 0.0163. The van der Waals surface area contributed by atoms with Crippen LogP contribution in [0.4, 0.5) is 0 Å². The third-order valence-corrected chi connectivity index (χ3v) is 3.51. The van der Waals surface area contributed by atoms with E-state index in [0.717, 1.165) is 10.1 Å². The summed E-state index contributed by atoms with van der Waals surface area (Å²) in [5.74, 6) is 0. The first-order valence-corrected chi connectivity index (χ1v) is 7.00. The zero-order valence-electron chi connectivity index (χ0n) is 12.0. The SMILES string of the molecule is Cn1c(=O)[nH]c(=O)c2nc(C=Cc3cccc(Cl)c3)c(=O)[nH]c21. The summed E-state index contributed by atoms with van der Waals surface area (Å²) >= 11 is 5.89. The van der Waals surface area contributed by atoms with Crippen LogP contribution in [0.1, 0.15) is 11.3 Å². The quantitative estimate of drug-likeness (QED) is 0.735. The molecule has 3 rings (SSSR count). The lowest BCUT2D eigenvalue weighted by molar-refractivity contribution is 0.820. The highest BCUT2D eigenvalue weighted by Gasteiger charge is 2.09. The highest BCUT2D eigenvalue weighted by Crippen LogP contribution is 2.12. The Bertz CT molecular complexity index is 1110. The monoisotopic (exact) mass is 330 g/mol. The normalized spacial score (nSPS) is 11.4. The van der Waals surface area contributed by atoms with Gasteiger partial charge in [-0.25, -0.2) is 9.78 Å². The molecule has 0 aliphatic heterocycles. The Morgan fingerprint density at radius 3 is 2.65 bits per heavy atom. The van der Waals surface area contributed by atoms with Crippen molar-refractivity contribution in [2.45, 2.75) is 0 Å². The third-order valence-electron chi connectivity index (χ3n) is 3.28. The van der Waals surface area contributed by atoms with Gasteiger partial charge in [-0.15, -0.1) is 0 Å². The summed E-state index contributed by atoms with van der Waals surface area (Å²) in [5, 5.41) is 0.568. The van der Waals surface area contributed by atoms with E-state index in [1.807, 2.05) is 6.07 Å². The first-order valence-electron chi connectivity index (χ1n) is 6.63. The number of aromatic amines is 2. The van der Waals surface area contributed by atoms with Crippen LogP contribution < -0.4 is 16.8 Å². The van der Waals surface area contributed by atoms with Gasteiger partial charge >= 0.3 is 5.69 Å². The molecule has 0 atom stereocenters. The van der Waals surface area contributed by atoms with E-state index in [1.165, 1.54) is 13.1 Å². The molecule has 0 bridgehead atoms. The van der Waals surface area contributed by atoms with Gasteiger partial charge in [-0.05, 0) is 23.8 Å². The Balaban J connectivity index is 2.16. The maximum Gasteiger partial charge on any atom is 0.329 e. The van der Waals surface area contributed by atoms with Gasteiger partial charge in [0.2, 0.25) is 0 Å². The second-order valence-corrected chi connectivity index (χ2v) is 5.29. The van der Waals surface area contributed by atoms with Gasteiger partial charge in [0, 0.05) is 12.1 Å². The number of aromatic nitrogens is 4. The number of benzene rings is 1. The Labute approximate surface area is 133 Å². The average molecular weight is 331 g/mol. The molecule has 2 N–H and O–H groups in total. The second kappa shape index (κ2) is 5.69. The molecule has 0 aliphatic carbocycles. The molecule has 0 radical (unpaired) electrons. The van der Waals surface area contributed by atoms with Crippen molar-refractivity contribution < 1.29 is 0 Å². The van der Waals surface area contributed by atoms with Crippen molar-refractivity contribution in [3.05, 3.63) is 71.7 Å². The number of hydrogen-bond acceptors (Lipinski definition) is 4. The average Bonchev–Trinajstić information content (AvgIpc) is 2.51. The summed E-state index contributed by atoms with van der Waals surface area (Å²) < 4.78 is 1.12. The second-order valence-electron chi connectivity index (χ2n) is 4.86. The van der Waals surface area contributed by atoms with E-state index in [1.54, 1.807) is 24.3 Å². The smallest absolute Gasteiger partial charge is 0.305 e. The highest BCUT2D eigenvalue weighted by molar-refractivity contribution is 6.30. The molecule has 0 unspecified atom stereocenters. The molecular weight excluding hydrogens is 320 g/mol. The highest BCUT2D eigenvalue weighted by atomic mass is 35.5. The van der Waals surface area contributed by atoms with Gasteiger partial charge in [-0.3, -0.25) is 19.1 Å². The maximum absolute atomic E-state index is 12.1. The van der Waals surface area contributed by atoms with E-state index in [4.69, 9.17) is 11.6 Å². The van der Waals surface area contributed by atoms with Crippen LogP contribution in [0.15, 0.2) is 38.6 Å². The summed E-state index contributed by atoms with van der Waals surface area (Å²) in [5.41, 5.74) is -0.883. The van der Waals surface area contributed by atoms with Crippen molar-refractivity contribution in [2.75, 3.05) is 0 Å². The summed E-state index contributed by atoms with van der Waals surface area (Å²) in [6.07, 6.45) is 3.14. The van der Waals surface area contributed by atoms with Crippen LogP contribution in [0, 0.1) is 0 Å². The van der Waals surface area contributed by atoms with Crippen molar-refractivity contribution in [1.29, 1.82) is 0 Å². The van der Waals surface area contributed by atoms with Gasteiger partial charge in [0.05, 0.1) is 0 Å². The van der Waals surface area contributed by atoms with Gasteiger partial charge in [0.1, 0.15) is 11.3 Å². The zero-order chi connectivity index (χ0) is 16.6. The molecule has 0 spiro atoms. The number of halogens is 1. The Morgan fingerprint density at radius 1 is 1.13 bits per heavy atom. The van der Waals surface area contributed by atoms with Crippen LogP contribution in [-0.4, -0.2) is 19.5 Å². The molecule has 0 saturated carbocycles. The lowest BCUT2D eigenvalue weighted by Crippen LogP contribution is -2.31. The summed E-state index contributed by atoms with van der Waals surface area (Å²) in [4.78, 5) is 44.1. The fourth-order valence-corrected chi connectivity index (χ4v) is 2.29. The standard InChI is InChI=1S/C15H11ClN4O3/c1-20-12-11(14(22)19-15(20)23)17-10(13(21)18-12)6-5-8-3-2-4-9(16)7-8/h2-7H,1H3,(H,18,21)(H,19,22,23). The van der Waals surface area contributed by atoms with Crippen molar-refractivity contribution in [1.82, 2.24) is 19.5 Å². The predicted octanol–water partition coefficient (Wildman–Crippen LogP) is 1.13. The summed E-state index contributed by atoms with van der Waals surface area (Å²) in [6, 6.07) is 7.05. The Hall–Kier alpha value is -2.93. The minimum atomic E-state index is -0.656. The van der Waals surface area contributed by atoms with E-state index < -0.39 is 16.8 Å². The number of nitrogens with one attached hydrogen (secondary N) is 2. The van der Waals surface area contributed by atoms with Gasteiger partial charge in [0.15, 0.2) is 5.52 Å². The molecule has 23 heavy (non-hydrogen) atoms. The maximum atomic E-state index is 12.1. The van der Waals surface area contributed by atoms with Crippen molar-refractivity contribution in [3.8, 4) is 0 Å². The van der Waals surface area contributed by atoms with E-state index in [2.05, 4.69) is 15.0 Å². The Kier molecular flexibility index (Phi) is 3.71. The number of rotatable bonds is 2. The third kappa shape index (κ3) is 2.86. The van der Waals surface area contributed by atoms with Gasteiger partial charge in [-0.1, -0.05) is 29.8 Å². The van der Waals surface area contributed by atoms with E-state index >= 15 is 0 Å². The fraction of sp³-hybridized carbons (Fsp3) is 0.0667. The van der Waals surface area contributed by atoms with E-state index in [-0.39, 0.29) is 16.9 Å². The predicted molar refractivity (Wildman–Crippen MR) is 88.6 cm³/mol. The number of aryl methyl sites for hydroxylation is 1. The van der Waals surface area contributed by atoms with E-state index in [9.17, 15) is 14.4 Å². The lowest BCUT2D eigenvalue weighted by Gasteiger charge is -2.03. The minimum Gasteiger partial charge on any atom is -0.305 e. The van der Waals surface area contributed by atoms with Gasteiger partial charge in [0.25, 0.3) is 11.1 Å². The van der Waals surface area contributed by atoms with Crippen LogP contribution >= 0.6 is 11.6 Å². The molecule has 2 heterocycles. The van der Waals surface area contributed by atoms with Crippen molar-refractivity contribution in [3.63, 3.8) is 0 Å². The van der Waals surface area contributed by atoms with Crippen LogP contribution in [0.25, 0.3) is 23.3 Å². The lowest BCUT2D eigenvalue weighted by atomic mass is 10.2. The van der Waals surface area contributed by atoms with E-state index in [0.29, 0.717) is 5.02 Å². The number of H-pyrrole nitrogens is 2. The first-order chi connectivity index (χ1) is 11.0. The fourth-order valence-electron chi connectivity index (χ4n) is 2.10. The molecule has 116 valence electrons. The molecular formula is C15H11ClN4O3. The van der Waals surface area contributed by atoms with Gasteiger partial charge < -0.3 is 4.98 Å². The molecule has 7 nitrogen and oxygen atoms in total. The molecule has 0 saturated heterocycles. The zero-order valence-corrected chi connectivity index (χ0v) is 12.7. The first kappa shape index (κ1) is 15.0. The molecule has 8 heteroatoms. The molecule has 0 amide bonds. The molecule has 0 fully saturated rings. The summed E-state index contributed by atoms with van der Waals surface area (Å²) in [6.45, 7) is 0. The van der Waals surface area contributed by atoms with Crippen LogP contribution in [0.5, 0.6) is 0 Å². The summed E-state index contributed by atoms with van der Waals surface area (Å²) in [7, 11) is 1.43.